The molecule has 0 saturated carbocycles. The highest BCUT2D eigenvalue weighted by Crippen LogP contribution is 2.23. The van der Waals surface area contributed by atoms with Gasteiger partial charge in [-0.3, -0.25) is 14.4 Å². The molecule has 2 amide bonds. The third-order valence-corrected chi connectivity index (χ3v) is 4.27. The number of hydrogen-bond acceptors (Lipinski definition) is 6. The molecule has 0 aromatic carbocycles. The predicted molar refractivity (Wildman–Crippen MR) is 91.8 cm³/mol. The lowest BCUT2D eigenvalue weighted by Crippen LogP contribution is -2.30. The first-order chi connectivity index (χ1) is 11.7. The van der Waals surface area contributed by atoms with Crippen LogP contribution in [0.4, 0.5) is 5.00 Å². The summed E-state index contributed by atoms with van der Waals surface area (Å²) in [4.78, 5) is 47.0. The molecule has 25 heavy (non-hydrogen) atoms. The van der Waals surface area contributed by atoms with Gasteiger partial charge < -0.3 is 20.4 Å². The molecule has 0 fully saturated rings. The molecule has 0 spiro atoms. The van der Waals surface area contributed by atoms with Gasteiger partial charge in [-0.05, 0) is 31.4 Å². The Kier molecular flexibility index (Phi) is 5.38. The number of nitrogens with one attached hydrogen (secondary N) is 1. The molecule has 0 saturated heterocycles. The van der Waals surface area contributed by atoms with E-state index in [1.807, 2.05) is 0 Å². The number of amides is 2. The quantitative estimate of drug-likeness (QED) is 0.596. The summed E-state index contributed by atoms with van der Waals surface area (Å²) in [5.41, 5.74) is 5.92. The van der Waals surface area contributed by atoms with Crippen molar-refractivity contribution in [2.45, 2.75) is 20.0 Å². The van der Waals surface area contributed by atoms with Crippen molar-refractivity contribution in [3.63, 3.8) is 0 Å². The van der Waals surface area contributed by atoms with E-state index < -0.39 is 23.9 Å². The van der Waals surface area contributed by atoms with E-state index in [0.717, 1.165) is 11.3 Å². The standard InChI is InChI=1S/C16H17N3O5S/c1-8(20)10-6-12(19(3)7-10)16(23)24-9(2)14(22)18-15-11(13(17)21)4-5-25-15/h4-7,9H,1-3H3,(H2,17,21)(H,18,22)/t9-/m0/s1. The smallest absolute Gasteiger partial charge is 0.355 e. The van der Waals surface area contributed by atoms with Crippen LogP contribution in [0.3, 0.4) is 0 Å². The van der Waals surface area contributed by atoms with Crippen LogP contribution < -0.4 is 11.1 Å². The number of nitrogens with zero attached hydrogens (tertiary/aromatic N) is 1. The minimum atomic E-state index is -1.11. The van der Waals surface area contributed by atoms with Crippen molar-refractivity contribution >= 4 is 39.9 Å². The Morgan fingerprint density at radius 2 is 2.00 bits per heavy atom. The number of thiophene rings is 1. The molecule has 2 rings (SSSR count). The number of rotatable bonds is 6. The first kappa shape index (κ1) is 18.4. The topological polar surface area (TPSA) is 120 Å². The molecule has 2 heterocycles. The highest BCUT2D eigenvalue weighted by Gasteiger charge is 2.23. The lowest BCUT2D eigenvalue weighted by molar-refractivity contribution is -0.123. The van der Waals surface area contributed by atoms with Gasteiger partial charge in [0.2, 0.25) is 0 Å². The molecule has 9 heteroatoms. The fourth-order valence-electron chi connectivity index (χ4n) is 2.05. The van der Waals surface area contributed by atoms with E-state index in [4.69, 9.17) is 10.5 Å². The van der Waals surface area contributed by atoms with E-state index >= 15 is 0 Å². The number of anilines is 1. The van der Waals surface area contributed by atoms with Crippen LogP contribution in [0.2, 0.25) is 0 Å². The van der Waals surface area contributed by atoms with Crippen LogP contribution in [0.1, 0.15) is 45.1 Å². The summed E-state index contributed by atoms with van der Waals surface area (Å²) >= 11 is 1.13. The van der Waals surface area contributed by atoms with Crippen LogP contribution in [-0.4, -0.2) is 34.2 Å². The van der Waals surface area contributed by atoms with Crippen LogP contribution in [0.15, 0.2) is 23.7 Å². The number of carbonyl (C=O) groups excluding carboxylic acids is 4. The number of ketones is 1. The van der Waals surface area contributed by atoms with E-state index in [9.17, 15) is 19.2 Å². The van der Waals surface area contributed by atoms with Crippen molar-refractivity contribution in [3.8, 4) is 0 Å². The summed E-state index contributed by atoms with van der Waals surface area (Å²) in [6, 6.07) is 2.90. The molecule has 8 nitrogen and oxygen atoms in total. The van der Waals surface area contributed by atoms with Crippen molar-refractivity contribution in [1.29, 1.82) is 0 Å². The Morgan fingerprint density at radius 1 is 1.32 bits per heavy atom. The molecular weight excluding hydrogens is 346 g/mol. The number of esters is 1. The number of aryl methyl sites for hydroxylation is 1. The Balaban J connectivity index is 2.05. The molecule has 0 unspecified atom stereocenters. The van der Waals surface area contributed by atoms with Gasteiger partial charge in [0.1, 0.15) is 10.7 Å². The second kappa shape index (κ2) is 7.31. The second-order valence-corrected chi connectivity index (χ2v) is 6.26. The Labute approximate surface area is 147 Å². The Morgan fingerprint density at radius 3 is 2.56 bits per heavy atom. The first-order valence-electron chi connectivity index (χ1n) is 7.27. The van der Waals surface area contributed by atoms with Gasteiger partial charge >= 0.3 is 5.97 Å². The van der Waals surface area contributed by atoms with Gasteiger partial charge in [0.25, 0.3) is 11.8 Å². The number of nitrogens with two attached hydrogens (primary N) is 1. The maximum Gasteiger partial charge on any atom is 0.355 e. The average molecular weight is 363 g/mol. The monoisotopic (exact) mass is 363 g/mol. The summed E-state index contributed by atoms with van der Waals surface area (Å²) in [7, 11) is 1.60. The van der Waals surface area contributed by atoms with E-state index in [0.29, 0.717) is 5.56 Å². The largest absolute Gasteiger partial charge is 0.448 e. The predicted octanol–water partition coefficient (Wildman–Crippen LogP) is 1.57. The summed E-state index contributed by atoms with van der Waals surface area (Å²) in [6.45, 7) is 2.79. The fraction of sp³-hybridized carbons (Fsp3) is 0.250. The third-order valence-electron chi connectivity index (χ3n) is 3.44. The minimum absolute atomic E-state index is 0.152. The maximum atomic E-state index is 12.2. The molecule has 132 valence electrons. The zero-order valence-corrected chi connectivity index (χ0v) is 14.7. The number of Topliss-reactive ketones (excluding diaryl/α,β-unsaturated/α-hetero) is 1. The molecule has 0 radical (unpaired) electrons. The molecule has 2 aromatic rings. The number of primary amides is 1. The lowest BCUT2D eigenvalue weighted by Gasteiger charge is -2.13. The lowest BCUT2D eigenvalue weighted by atomic mass is 10.2. The Hall–Kier alpha value is -2.94. The van der Waals surface area contributed by atoms with Crippen molar-refractivity contribution in [2.24, 2.45) is 12.8 Å². The fourth-order valence-corrected chi connectivity index (χ4v) is 2.84. The minimum Gasteiger partial charge on any atom is -0.448 e. The average Bonchev–Trinajstić information content (AvgIpc) is 3.13. The maximum absolute atomic E-state index is 12.2. The van der Waals surface area contributed by atoms with Crippen LogP contribution in [-0.2, 0) is 16.6 Å². The van der Waals surface area contributed by atoms with Gasteiger partial charge in [-0.15, -0.1) is 11.3 Å². The van der Waals surface area contributed by atoms with Gasteiger partial charge in [0.05, 0.1) is 5.56 Å². The van der Waals surface area contributed by atoms with Crippen molar-refractivity contribution < 1.29 is 23.9 Å². The van der Waals surface area contributed by atoms with Crippen LogP contribution in [0, 0.1) is 0 Å². The van der Waals surface area contributed by atoms with Gasteiger partial charge in [0.15, 0.2) is 11.9 Å². The van der Waals surface area contributed by atoms with Gasteiger partial charge in [-0.1, -0.05) is 0 Å². The van der Waals surface area contributed by atoms with Gasteiger partial charge in [-0.2, -0.15) is 0 Å². The second-order valence-electron chi connectivity index (χ2n) is 5.35. The molecule has 3 N–H and O–H groups in total. The van der Waals surface area contributed by atoms with Gasteiger partial charge in [0, 0.05) is 18.8 Å². The molecule has 0 bridgehead atoms. The summed E-state index contributed by atoms with van der Waals surface area (Å²) in [6.07, 6.45) is 0.403. The van der Waals surface area contributed by atoms with Gasteiger partial charge in [-0.25, -0.2) is 4.79 Å². The van der Waals surface area contributed by atoms with E-state index in [1.54, 1.807) is 12.4 Å². The molecule has 0 aliphatic carbocycles. The number of carbonyl (C=O) groups is 4. The highest BCUT2D eigenvalue weighted by atomic mass is 32.1. The van der Waals surface area contributed by atoms with Crippen molar-refractivity contribution in [1.82, 2.24) is 4.57 Å². The summed E-state index contributed by atoms with van der Waals surface area (Å²) < 4.78 is 6.58. The first-order valence-corrected chi connectivity index (χ1v) is 8.15. The van der Waals surface area contributed by atoms with Crippen molar-refractivity contribution in [3.05, 3.63) is 40.5 Å². The van der Waals surface area contributed by atoms with E-state index in [1.165, 1.54) is 36.7 Å². The molecule has 2 aromatic heterocycles. The zero-order chi connectivity index (χ0) is 18.7. The number of hydrogen-bond donors (Lipinski definition) is 2. The molecular formula is C16H17N3O5S. The number of aromatic nitrogens is 1. The molecule has 0 aliphatic heterocycles. The summed E-state index contributed by atoms with van der Waals surface area (Å²) in [5.74, 6) is -2.18. The highest BCUT2D eigenvalue weighted by molar-refractivity contribution is 7.14. The third kappa shape index (κ3) is 4.13. The van der Waals surface area contributed by atoms with Crippen LogP contribution >= 0.6 is 11.3 Å². The normalized spacial score (nSPS) is 11.6. The van der Waals surface area contributed by atoms with Crippen molar-refractivity contribution in [2.75, 3.05) is 5.32 Å². The van der Waals surface area contributed by atoms with E-state index in [-0.39, 0.29) is 22.0 Å². The zero-order valence-electron chi connectivity index (χ0n) is 13.9. The summed E-state index contributed by atoms with van der Waals surface area (Å²) in [5, 5.41) is 4.41. The SMILES string of the molecule is CC(=O)c1cc(C(=O)O[C@@H](C)C(=O)Nc2sccc2C(N)=O)n(C)c1. The van der Waals surface area contributed by atoms with Crippen LogP contribution in [0.25, 0.3) is 0 Å². The molecule has 1 atom stereocenters. The molecule has 0 aliphatic rings. The van der Waals surface area contributed by atoms with E-state index in [2.05, 4.69) is 5.32 Å². The number of ether oxygens (including phenoxy) is 1. The Bertz CT molecular complexity index is 852. The van der Waals surface area contributed by atoms with Crippen LogP contribution in [0.5, 0.6) is 0 Å².